The molecule has 0 fully saturated rings. The van der Waals surface area contributed by atoms with Crippen LogP contribution in [0.15, 0.2) is 18.2 Å². The van der Waals surface area contributed by atoms with Crippen molar-refractivity contribution in [1.29, 1.82) is 0 Å². The number of nitrogens with one attached hydrogen (secondary N) is 3. The highest BCUT2D eigenvalue weighted by Gasteiger charge is 2.19. The van der Waals surface area contributed by atoms with Crippen LogP contribution in [0.3, 0.4) is 0 Å². The Labute approximate surface area is 140 Å². The SMILES string of the molecule is CC(C)[C@H](N)C(=O)NCC(=O)Nc1ccc2c(c1)CC(=O)N2.Cl. The van der Waals surface area contributed by atoms with Crippen LogP contribution in [0, 0.1) is 5.92 Å². The Hall–Kier alpha value is -2.12. The smallest absolute Gasteiger partial charge is 0.243 e. The van der Waals surface area contributed by atoms with Crippen molar-refractivity contribution >= 4 is 41.5 Å². The summed E-state index contributed by atoms with van der Waals surface area (Å²) in [5.74, 6) is -0.756. The fourth-order valence-corrected chi connectivity index (χ4v) is 2.10. The molecule has 0 spiro atoms. The monoisotopic (exact) mass is 340 g/mol. The molecule has 7 nitrogen and oxygen atoms in total. The fourth-order valence-electron chi connectivity index (χ4n) is 2.10. The highest BCUT2D eigenvalue weighted by atomic mass is 35.5. The second-order valence-corrected chi connectivity index (χ2v) is 5.63. The van der Waals surface area contributed by atoms with Crippen molar-refractivity contribution in [3.8, 4) is 0 Å². The van der Waals surface area contributed by atoms with Crippen molar-refractivity contribution in [2.24, 2.45) is 11.7 Å². The first-order valence-corrected chi connectivity index (χ1v) is 7.12. The standard InChI is InChI=1S/C15H20N4O3.ClH/c1-8(2)14(16)15(22)17-7-13(21)18-10-3-4-11-9(5-10)6-12(20)19-11;/h3-5,8,14H,6-7,16H2,1-2H3,(H,17,22)(H,18,21)(H,19,20);1H/t14-;/m0./s1. The molecule has 8 heteroatoms. The molecule has 23 heavy (non-hydrogen) atoms. The Bertz CT molecular complexity index is 619. The lowest BCUT2D eigenvalue weighted by Gasteiger charge is -2.15. The van der Waals surface area contributed by atoms with Crippen molar-refractivity contribution < 1.29 is 14.4 Å². The van der Waals surface area contributed by atoms with Gasteiger partial charge in [0.05, 0.1) is 19.0 Å². The molecule has 0 bridgehead atoms. The van der Waals surface area contributed by atoms with Gasteiger partial charge in [0, 0.05) is 11.4 Å². The summed E-state index contributed by atoms with van der Waals surface area (Å²) in [6.45, 7) is 3.53. The molecule has 1 atom stereocenters. The van der Waals surface area contributed by atoms with Crippen LogP contribution in [0.4, 0.5) is 11.4 Å². The van der Waals surface area contributed by atoms with E-state index in [1.54, 1.807) is 18.2 Å². The summed E-state index contributed by atoms with van der Waals surface area (Å²) in [5, 5.41) is 7.90. The van der Waals surface area contributed by atoms with E-state index in [1.807, 2.05) is 13.8 Å². The van der Waals surface area contributed by atoms with Crippen LogP contribution in [0.2, 0.25) is 0 Å². The summed E-state index contributed by atoms with van der Waals surface area (Å²) in [5.41, 5.74) is 7.88. The molecule has 1 aliphatic rings. The van der Waals surface area contributed by atoms with Gasteiger partial charge < -0.3 is 21.7 Å². The molecule has 1 aromatic rings. The van der Waals surface area contributed by atoms with E-state index in [0.717, 1.165) is 11.3 Å². The van der Waals surface area contributed by atoms with Crippen LogP contribution in [0.25, 0.3) is 0 Å². The summed E-state index contributed by atoms with van der Waals surface area (Å²) < 4.78 is 0. The molecular weight excluding hydrogens is 320 g/mol. The normalized spacial score (nSPS) is 13.7. The maximum atomic E-state index is 11.8. The van der Waals surface area contributed by atoms with Crippen LogP contribution in [-0.2, 0) is 20.8 Å². The Morgan fingerprint density at radius 1 is 1.35 bits per heavy atom. The number of fused-ring (bicyclic) bond motifs is 1. The zero-order valence-corrected chi connectivity index (χ0v) is 13.8. The van der Waals surface area contributed by atoms with Crippen molar-refractivity contribution in [3.05, 3.63) is 23.8 Å². The number of hydrogen-bond acceptors (Lipinski definition) is 4. The molecule has 0 aromatic heterocycles. The van der Waals surface area contributed by atoms with E-state index in [-0.39, 0.29) is 42.6 Å². The molecule has 1 heterocycles. The van der Waals surface area contributed by atoms with Gasteiger partial charge in [0.25, 0.3) is 0 Å². The lowest BCUT2D eigenvalue weighted by atomic mass is 10.1. The molecule has 126 valence electrons. The predicted molar refractivity (Wildman–Crippen MR) is 90.5 cm³/mol. The molecule has 0 radical (unpaired) electrons. The van der Waals surface area contributed by atoms with Gasteiger partial charge in [0.1, 0.15) is 0 Å². The molecule has 1 aliphatic heterocycles. The van der Waals surface area contributed by atoms with Crippen LogP contribution >= 0.6 is 12.4 Å². The third kappa shape index (κ3) is 4.94. The van der Waals surface area contributed by atoms with Crippen LogP contribution in [0.5, 0.6) is 0 Å². The van der Waals surface area contributed by atoms with Gasteiger partial charge in [0.15, 0.2) is 0 Å². The van der Waals surface area contributed by atoms with Gasteiger partial charge in [-0.2, -0.15) is 0 Å². The van der Waals surface area contributed by atoms with E-state index >= 15 is 0 Å². The van der Waals surface area contributed by atoms with E-state index in [2.05, 4.69) is 16.0 Å². The number of amides is 3. The van der Waals surface area contributed by atoms with Crippen LogP contribution < -0.4 is 21.7 Å². The summed E-state index contributed by atoms with van der Waals surface area (Å²) >= 11 is 0. The minimum absolute atomic E-state index is 0. The van der Waals surface area contributed by atoms with Crippen molar-refractivity contribution in [2.45, 2.75) is 26.3 Å². The lowest BCUT2D eigenvalue weighted by molar-refractivity contribution is -0.125. The first-order chi connectivity index (χ1) is 10.4. The summed E-state index contributed by atoms with van der Waals surface area (Å²) in [6, 6.07) is 4.55. The van der Waals surface area contributed by atoms with E-state index in [4.69, 9.17) is 5.73 Å². The number of halogens is 1. The lowest BCUT2D eigenvalue weighted by Crippen LogP contribution is -2.46. The maximum absolute atomic E-state index is 11.8. The Morgan fingerprint density at radius 2 is 2.04 bits per heavy atom. The maximum Gasteiger partial charge on any atom is 0.243 e. The zero-order valence-electron chi connectivity index (χ0n) is 13.0. The average Bonchev–Trinajstić information content (AvgIpc) is 2.83. The summed E-state index contributed by atoms with van der Waals surface area (Å²) in [6.07, 6.45) is 0.305. The Kier molecular flexibility index (Phi) is 6.53. The second kappa shape index (κ2) is 7.94. The highest BCUT2D eigenvalue weighted by Crippen LogP contribution is 2.25. The average molecular weight is 341 g/mol. The number of anilines is 2. The number of hydrogen-bond donors (Lipinski definition) is 4. The first-order valence-electron chi connectivity index (χ1n) is 7.12. The number of carbonyl (C=O) groups is 3. The van der Waals surface area contributed by atoms with Crippen LogP contribution in [-0.4, -0.2) is 30.3 Å². The Balaban J connectivity index is 0.00000264. The van der Waals surface area contributed by atoms with E-state index in [1.165, 1.54) is 0 Å². The van der Waals surface area contributed by atoms with Crippen molar-refractivity contribution in [3.63, 3.8) is 0 Å². The number of nitrogens with two attached hydrogens (primary N) is 1. The van der Waals surface area contributed by atoms with Crippen molar-refractivity contribution in [2.75, 3.05) is 17.2 Å². The number of carbonyl (C=O) groups excluding carboxylic acids is 3. The number of benzene rings is 1. The van der Waals surface area contributed by atoms with Gasteiger partial charge in [0.2, 0.25) is 17.7 Å². The molecule has 0 saturated carbocycles. The minimum atomic E-state index is -0.634. The second-order valence-electron chi connectivity index (χ2n) is 5.63. The molecular formula is C15H21ClN4O3. The van der Waals surface area contributed by atoms with Gasteiger partial charge in [-0.25, -0.2) is 0 Å². The molecule has 2 rings (SSSR count). The molecule has 0 unspecified atom stereocenters. The topological polar surface area (TPSA) is 113 Å². The quantitative estimate of drug-likeness (QED) is 0.630. The van der Waals surface area contributed by atoms with Crippen LogP contribution in [0.1, 0.15) is 19.4 Å². The van der Waals surface area contributed by atoms with E-state index in [9.17, 15) is 14.4 Å². The molecule has 0 saturated heterocycles. The first kappa shape index (κ1) is 18.9. The zero-order chi connectivity index (χ0) is 16.3. The molecule has 1 aromatic carbocycles. The van der Waals surface area contributed by atoms with E-state index < -0.39 is 6.04 Å². The highest BCUT2D eigenvalue weighted by molar-refractivity contribution is 6.00. The summed E-state index contributed by atoms with van der Waals surface area (Å²) in [7, 11) is 0. The van der Waals surface area contributed by atoms with Gasteiger partial charge in [-0.15, -0.1) is 12.4 Å². The van der Waals surface area contributed by atoms with E-state index in [0.29, 0.717) is 12.1 Å². The largest absolute Gasteiger partial charge is 0.346 e. The van der Waals surface area contributed by atoms with Gasteiger partial charge in [-0.05, 0) is 29.7 Å². The molecule has 3 amide bonds. The molecule has 0 aliphatic carbocycles. The Morgan fingerprint density at radius 3 is 2.70 bits per heavy atom. The minimum Gasteiger partial charge on any atom is -0.346 e. The summed E-state index contributed by atoms with van der Waals surface area (Å²) in [4.78, 5) is 34.8. The predicted octanol–water partition coefficient (Wildman–Crippen LogP) is 0.641. The molecule has 5 N–H and O–H groups in total. The van der Waals surface area contributed by atoms with Crippen molar-refractivity contribution in [1.82, 2.24) is 5.32 Å². The van der Waals surface area contributed by atoms with Gasteiger partial charge >= 0.3 is 0 Å². The van der Waals surface area contributed by atoms with Gasteiger partial charge in [-0.3, -0.25) is 14.4 Å². The number of rotatable bonds is 5. The fraction of sp³-hybridized carbons (Fsp3) is 0.400. The van der Waals surface area contributed by atoms with Gasteiger partial charge in [-0.1, -0.05) is 13.8 Å². The third-order valence-electron chi connectivity index (χ3n) is 3.46. The third-order valence-corrected chi connectivity index (χ3v) is 3.46.